The fraction of sp³-hybridized carbons (Fsp3) is 0.611. The lowest BCUT2D eigenvalue weighted by Crippen LogP contribution is -2.76. The van der Waals surface area contributed by atoms with Gasteiger partial charge in [-0.15, -0.1) is 0 Å². The minimum atomic E-state index is -2.43. The van der Waals surface area contributed by atoms with E-state index in [1.54, 1.807) is 0 Å². The third-order valence-corrected chi connectivity index (χ3v) is 6.03. The first-order valence-corrected chi connectivity index (χ1v) is 7.81. The van der Waals surface area contributed by atoms with E-state index >= 15 is 0 Å². The molecule has 5 rings (SSSR count). The minimum Gasteiger partial charge on any atom is -0.493 e. The lowest BCUT2D eigenvalue weighted by Gasteiger charge is -2.62. The van der Waals surface area contributed by atoms with Gasteiger partial charge >= 0.3 is 0 Å². The van der Waals surface area contributed by atoms with Crippen LogP contribution in [-0.2, 0) is 16.6 Å². The molecule has 1 N–H and O–H groups in total. The Morgan fingerprint density at radius 2 is 2.48 bits per heavy atom. The molecule has 1 unspecified atom stereocenters. The summed E-state index contributed by atoms with van der Waals surface area (Å²) < 4.78 is 62.0. The van der Waals surface area contributed by atoms with Gasteiger partial charge in [0.2, 0.25) is 1.43 Å². The molecule has 1 aromatic rings. The molecule has 4 aliphatic rings. The highest BCUT2D eigenvalue weighted by Crippen LogP contribution is 2.64. The lowest BCUT2D eigenvalue weighted by atomic mass is 9.49. The number of nitrogens with zero attached hydrogens (tertiary/aromatic N) is 1. The van der Waals surface area contributed by atoms with Crippen LogP contribution < -0.4 is 9.47 Å². The summed E-state index contributed by atoms with van der Waals surface area (Å²) in [5.41, 5.74) is -2.08. The highest BCUT2D eigenvalue weighted by Gasteiger charge is 2.72. The predicted molar refractivity (Wildman–Crippen MR) is 83.0 cm³/mol. The van der Waals surface area contributed by atoms with Gasteiger partial charge in [0.1, 0.15) is 0 Å². The number of carbonyl (C=O) groups excluding carboxylic acids is 1. The molecule has 5 nitrogen and oxygen atoms in total. The van der Waals surface area contributed by atoms with Gasteiger partial charge in [0.25, 0.3) is 0 Å². The van der Waals surface area contributed by atoms with E-state index in [2.05, 4.69) is 0 Å². The maximum absolute atomic E-state index is 13.3. The Hall–Kier alpha value is -1.59. The monoisotopic (exact) mass is 321 g/mol. The van der Waals surface area contributed by atoms with Crippen molar-refractivity contribution in [2.45, 2.75) is 48.8 Å². The summed E-state index contributed by atoms with van der Waals surface area (Å²) in [6.07, 6.45) is -4.72. The summed E-state index contributed by atoms with van der Waals surface area (Å²) in [5, 5.41) is 5.33. The quantitative estimate of drug-likeness (QED) is 0.882. The molecule has 2 bridgehead atoms. The molecule has 0 aromatic heterocycles. The zero-order chi connectivity index (χ0) is 21.1. The first kappa shape index (κ1) is 9.04. The number of hydrogen-bond donors (Lipinski definition) is 1. The maximum atomic E-state index is 13.3. The molecule has 2 fully saturated rings. The van der Waals surface area contributed by atoms with Crippen LogP contribution in [0.4, 0.5) is 0 Å². The number of methoxy groups -OCH3 is 1. The summed E-state index contributed by atoms with van der Waals surface area (Å²) >= 11 is 0. The Labute approximate surface area is 143 Å². The van der Waals surface area contributed by atoms with Gasteiger partial charge in [-0.3, -0.25) is 4.79 Å². The zero-order valence-corrected chi connectivity index (χ0v) is 13.0. The van der Waals surface area contributed by atoms with E-state index in [9.17, 15) is 4.79 Å². The van der Waals surface area contributed by atoms with Gasteiger partial charge in [-0.1, -0.05) is 6.04 Å². The number of likely N-dealkylation sites (tertiary alicyclic amines) is 1. The van der Waals surface area contributed by atoms with E-state index in [-0.39, 0.29) is 42.8 Å². The number of carbonyl (C=O) groups is 1. The summed E-state index contributed by atoms with van der Waals surface area (Å²) in [7, 11) is 3.15. The van der Waals surface area contributed by atoms with Crippen molar-refractivity contribution in [1.82, 2.24) is 4.90 Å². The predicted octanol–water partition coefficient (Wildman–Crippen LogP) is 1.05. The number of ketones is 1. The van der Waals surface area contributed by atoms with Crippen LogP contribution in [-0.4, -0.2) is 55.6 Å². The fourth-order valence-electron chi connectivity index (χ4n) is 4.96. The average molecular weight is 321 g/mol. The summed E-state index contributed by atoms with van der Waals surface area (Å²) in [6.45, 7) is 0.493. The second-order valence-electron chi connectivity index (χ2n) is 6.83. The van der Waals surface area contributed by atoms with Crippen molar-refractivity contribution in [2.75, 3.05) is 20.7 Å². The van der Waals surface area contributed by atoms with Crippen LogP contribution >= 0.6 is 0 Å². The largest absolute Gasteiger partial charge is 0.493 e. The molecule has 5 heteroatoms. The molecular formula is C18H21NO4. The van der Waals surface area contributed by atoms with Gasteiger partial charge in [0.05, 0.1) is 22.2 Å². The smallest absolute Gasteiger partial charge is 0.211 e. The van der Waals surface area contributed by atoms with E-state index in [0.29, 0.717) is 17.7 Å². The normalized spacial score (nSPS) is 49.7. The molecule has 0 radical (unpaired) electrons. The van der Waals surface area contributed by atoms with Crippen molar-refractivity contribution >= 4 is 5.78 Å². The Bertz CT molecular complexity index is 972. The van der Waals surface area contributed by atoms with Crippen molar-refractivity contribution in [1.29, 1.82) is 1.43 Å². The SMILES string of the molecule is [2H]O[C@@]12CC([2H])([2H])C(=O)C3([2H])Oc4c(OC)c([2H])c([2H])c5c4[C@@]31CCN(C)[C@@H]2C5. The van der Waals surface area contributed by atoms with Gasteiger partial charge in [-0.05, 0) is 44.5 Å². The standard InChI is InChI=1S/C18H21NO4/c1-19-8-7-17-14-10-3-4-12(22-2)15(14)23-16(17)11(20)5-6-18(17,21)13(19)9-10/h3-4,13,16,21H,5-9H2,1-2H3/t13-,16?,17+,18-/m1/s1/i3D,4D,5D2,16D,21D. The molecule has 2 aliphatic heterocycles. The van der Waals surface area contributed by atoms with Gasteiger partial charge in [-0.2, -0.15) is 0 Å². The molecule has 122 valence electrons. The average Bonchev–Trinajstić information content (AvgIpc) is 2.93. The third kappa shape index (κ3) is 1.32. The number of aliphatic hydroxyl groups is 1. The molecule has 23 heavy (non-hydrogen) atoms. The summed E-state index contributed by atoms with van der Waals surface area (Å²) in [4.78, 5) is 15.2. The first-order valence-electron chi connectivity index (χ1n) is 10.7. The molecule has 2 heterocycles. The van der Waals surface area contributed by atoms with Crippen LogP contribution in [0.3, 0.4) is 0 Å². The van der Waals surface area contributed by atoms with E-state index in [1.807, 2.05) is 11.9 Å². The molecule has 2 aliphatic carbocycles. The van der Waals surface area contributed by atoms with Crippen LogP contribution in [0.1, 0.15) is 37.2 Å². The highest BCUT2D eigenvalue weighted by molar-refractivity contribution is 5.90. The van der Waals surface area contributed by atoms with E-state index in [0.717, 1.165) is 0 Å². The number of piperidine rings is 1. The summed E-state index contributed by atoms with van der Waals surface area (Å²) in [5.74, 6) is -1.03. The Balaban J connectivity index is 1.97. The van der Waals surface area contributed by atoms with Crippen molar-refractivity contribution < 1.29 is 26.2 Å². The number of Topliss-reactive ketones (excluding diaryl/α,β-unsaturated/α-hetero) is 1. The second kappa shape index (κ2) is 4.08. The molecule has 1 spiro atoms. The molecule has 0 amide bonds. The molecule has 4 atom stereocenters. The number of hydrogen-bond acceptors (Lipinski definition) is 5. The topological polar surface area (TPSA) is 59.0 Å². The lowest BCUT2D eigenvalue weighted by molar-refractivity contribution is -0.185. The minimum absolute atomic E-state index is 0.0361. The number of likely N-dealkylation sites (N-methyl/N-ethyl adjacent to an activating group) is 1. The van der Waals surface area contributed by atoms with Crippen LogP contribution in [0.2, 0.25) is 0 Å². The maximum Gasteiger partial charge on any atom is 0.211 e. The summed E-state index contributed by atoms with van der Waals surface area (Å²) in [6, 6.07) is -0.802. The number of rotatable bonds is 2. The van der Waals surface area contributed by atoms with Crippen molar-refractivity contribution in [3.05, 3.63) is 23.2 Å². The zero-order valence-electron chi connectivity index (χ0n) is 19.0. The third-order valence-electron chi connectivity index (χ3n) is 6.03. The van der Waals surface area contributed by atoms with Gasteiger partial charge < -0.3 is 19.5 Å². The van der Waals surface area contributed by atoms with Gasteiger partial charge in [0.15, 0.2) is 23.4 Å². The van der Waals surface area contributed by atoms with E-state index in [4.69, 9.17) is 22.9 Å². The van der Waals surface area contributed by atoms with E-state index in [1.165, 1.54) is 7.11 Å². The molecule has 1 aromatic carbocycles. The van der Waals surface area contributed by atoms with Gasteiger partial charge in [-0.25, -0.2) is 0 Å². The Kier molecular flexibility index (Phi) is 1.60. The van der Waals surface area contributed by atoms with Crippen molar-refractivity contribution in [3.63, 3.8) is 0 Å². The van der Waals surface area contributed by atoms with Crippen LogP contribution in [0.25, 0.3) is 0 Å². The second-order valence-corrected chi connectivity index (χ2v) is 6.83. The van der Waals surface area contributed by atoms with E-state index < -0.39 is 35.3 Å². The van der Waals surface area contributed by atoms with Crippen molar-refractivity contribution in [3.8, 4) is 11.5 Å². The van der Waals surface area contributed by atoms with Crippen LogP contribution in [0.15, 0.2) is 12.1 Å². The molecular weight excluding hydrogens is 294 g/mol. The van der Waals surface area contributed by atoms with Crippen molar-refractivity contribution in [2.24, 2.45) is 0 Å². The fourth-order valence-corrected chi connectivity index (χ4v) is 4.96. The molecule has 1 saturated heterocycles. The number of ether oxygens (including phenoxy) is 2. The highest BCUT2D eigenvalue weighted by atomic mass is 16.5. The van der Waals surface area contributed by atoms with Gasteiger partial charge in [0, 0.05) is 20.7 Å². The Morgan fingerprint density at radius 3 is 3.26 bits per heavy atom. The van der Waals surface area contributed by atoms with Crippen LogP contribution in [0.5, 0.6) is 11.5 Å². The van der Waals surface area contributed by atoms with Crippen LogP contribution in [0, 0.1) is 0 Å². The first-order chi connectivity index (χ1) is 13.5. The Morgan fingerprint density at radius 1 is 1.61 bits per heavy atom. The molecule has 1 saturated carbocycles. The number of benzene rings is 1.